The normalized spacial score (nSPS) is 12.6. The van der Waals surface area contributed by atoms with Crippen molar-refractivity contribution in [3.63, 3.8) is 0 Å². The van der Waals surface area contributed by atoms with Crippen LogP contribution in [-0.2, 0) is 0 Å². The molecule has 4 heteroatoms. The summed E-state index contributed by atoms with van der Waals surface area (Å²) < 4.78 is 12.9. The second-order valence-corrected chi connectivity index (χ2v) is 5.24. The zero-order chi connectivity index (χ0) is 14.2. The standard InChI is InChI=1S/C17H12ClNO2/c18-13-5-3-12(4-6-13)15-2-1-9-19(15)14-7-8-16-17(10-14)21-11-20-16/h1-10H,11H2. The van der Waals surface area contributed by atoms with Gasteiger partial charge in [0.25, 0.3) is 0 Å². The molecule has 0 bridgehead atoms. The number of fused-ring (bicyclic) bond motifs is 1. The van der Waals surface area contributed by atoms with Gasteiger partial charge in [-0.05, 0) is 42.0 Å². The van der Waals surface area contributed by atoms with Gasteiger partial charge in [-0.25, -0.2) is 0 Å². The second kappa shape index (κ2) is 4.86. The molecule has 2 heterocycles. The van der Waals surface area contributed by atoms with Crippen molar-refractivity contribution >= 4 is 11.6 Å². The zero-order valence-corrected chi connectivity index (χ0v) is 11.9. The summed E-state index contributed by atoms with van der Waals surface area (Å²) in [6.07, 6.45) is 2.03. The lowest BCUT2D eigenvalue weighted by Crippen LogP contribution is -1.95. The zero-order valence-electron chi connectivity index (χ0n) is 11.1. The molecule has 2 aromatic carbocycles. The SMILES string of the molecule is Clc1ccc(-c2cccn2-c2ccc3c(c2)OCO3)cc1. The van der Waals surface area contributed by atoms with Gasteiger partial charge in [-0.3, -0.25) is 0 Å². The topological polar surface area (TPSA) is 23.4 Å². The van der Waals surface area contributed by atoms with Gasteiger partial charge in [-0.15, -0.1) is 0 Å². The van der Waals surface area contributed by atoms with Crippen molar-refractivity contribution in [1.82, 2.24) is 4.57 Å². The number of ether oxygens (including phenoxy) is 2. The van der Waals surface area contributed by atoms with Crippen molar-refractivity contribution in [2.75, 3.05) is 6.79 Å². The second-order valence-electron chi connectivity index (χ2n) is 4.81. The molecule has 0 saturated heterocycles. The summed E-state index contributed by atoms with van der Waals surface area (Å²) in [5, 5.41) is 0.736. The maximum atomic E-state index is 5.96. The largest absolute Gasteiger partial charge is 0.454 e. The first-order chi connectivity index (χ1) is 10.3. The Morgan fingerprint density at radius 3 is 2.57 bits per heavy atom. The molecule has 3 nitrogen and oxygen atoms in total. The molecule has 3 aromatic rings. The van der Waals surface area contributed by atoms with Crippen molar-refractivity contribution in [2.45, 2.75) is 0 Å². The first-order valence-corrected chi connectivity index (χ1v) is 7.02. The monoisotopic (exact) mass is 297 g/mol. The fraction of sp³-hybridized carbons (Fsp3) is 0.0588. The highest BCUT2D eigenvalue weighted by Gasteiger charge is 2.15. The lowest BCUT2D eigenvalue weighted by Gasteiger charge is -2.10. The number of rotatable bonds is 2. The van der Waals surface area contributed by atoms with Gasteiger partial charge in [-0.1, -0.05) is 23.7 Å². The Balaban J connectivity index is 1.80. The summed E-state index contributed by atoms with van der Waals surface area (Å²) in [5.74, 6) is 1.57. The lowest BCUT2D eigenvalue weighted by atomic mass is 10.1. The predicted molar refractivity (Wildman–Crippen MR) is 82.3 cm³/mol. The van der Waals surface area contributed by atoms with E-state index in [1.807, 2.05) is 54.7 Å². The maximum absolute atomic E-state index is 5.96. The molecule has 1 aromatic heterocycles. The van der Waals surface area contributed by atoms with Gasteiger partial charge in [0, 0.05) is 23.0 Å². The minimum Gasteiger partial charge on any atom is -0.454 e. The molecule has 21 heavy (non-hydrogen) atoms. The third-order valence-corrected chi connectivity index (χ3v) is 3.78. The third kappa shape index (κ3) is 2.16. The smallest absolute Gasteiger partial charge is 0.231 e. The molecule has 104 valence electrons. The van der Waals surface area contributed by atoms with Crippen molar-refractivity contribution in [3.8, 4) is 28.4 Å². The molecular formula is C17H12ClNO2. The van der Waals surface area contributed by atoms with E-state index >= 15 is 0 Å². The fourth-order valence-corrected chi connectivity index (χ4v) is 2.62. The molecule has 0 amide bonds. The molecule has 0 fully saturated rings. The van der Waals surface area contributed by atoms with Crippen LogP contribution in [0, 0.1) is 0 Å². The summed E-state index contributed by atoms with van der Waals surface area (Å²) in [4.78, 5) is 0. The van der Waals surface area contributed by atoms with E-state index in [9.17, 15) is 0 Å². The van der Waals surface area contributed by atoms with Crippen LogP contribution in [0.15, 0.2) is 60.8 Å². The molecule has 0 radical (unpaired) electrons. The Bertz CT molecular complexity index is 793. The van der Waals surface area contributed by atoms with Crippen LogP contribution < -0.4 is 9.47 Å². The Morgan fingerprint density at radius 1 is 0.905 bits per heavy atom. The minimum atomic E-state index is 0.286. The Kier molecular flexibility index (Phi) is 2.86. The molecule has 0 aliphatic carbocycles. The van der Waals surface area contributed by atoms with Crippen LogP contribution in [0.3, 0.4) is 0 Å². The van der Waals surface area contributed by atoms with Gasteiger partial charge >= 0.3 is 0 Å². The molecule has 0 unspecified atom stereocenters. The fourth-order valence-electron chi connectivity index (χ4n) is 2.50. The van der Waals surface area contributed by atoms with Crippen LogP contribution in [-0.4, -0.2) is 11.4 Å². The number of benzene rings is 2. The average molecular weight is 298 g/mol. The van der Waals surface area contributed by atoms with Crippen LogP contribution in [0.1, 0.15) is 0 Å². The van der Waals surface area contributed by atoms with Crippen LogP contribution in [0.25, 0.3) is 16.9 Å². The molecule has 0 atom stereocenters. The highest BCUT2D eigenvalue weighted by Crippen LogP contribution is 2.35. The first kappa shape index (κ1) is 12.4. The molecule has 0 spiro atoms. The van der Waals surface area contributed by atoms with E-state index in [4.69, 9.17) is 21.1 Å². The van der Waals surface area contributed by atoms with Crippen LogP contribution >= 0.6 is 11.6 Å². The van der Waals surface area contributed by atoms with Gasteiger partial charge in [0.05, 0.1) is 5.69 Å². The quantitative estimate of drug-likeness (QED) is 0.694. The van der Waals surface area contributed by atoms with Gasteiger partial charge in [-0.2, -0.15) is 0 Å². The summed E-state index contributed by atoms with van der Waals surface area (Å²) in [5.41, 5.74) is 3.25. The van der Waals surface area contributed by atoms with E-state index in [2.05, 4.69) is 10.6 Å². The Morgan fingerprint density at radius 2 is 1.71 bits per heavy atom. The molecular weight excluding hydrogens is 286 g/mol. The number of nitrogens with zero attached hydrogens (tertiary/aromatic N) is 1. The molecule has 0 N–H and O–H groups in total. The summed E-state index contributed by atoms with van der Waals surface area (Å²) >= 11 is 5.96. The van der Waals surface area contributed by atoms with Gasteiger partial charge in [0.15, 0.2) is 11.5 Å². The molecule has 4 rings (SSSR count). The van der Waals surface area contributed by atoms with E-state index in [-0.39, 0.29) is 6.79 Å². The van der Waals surface area contributed by atoms with E-state index < -0.39 is 0 Å². The van der Waals surface area contributed by atoms with Crippen molar-refractivity contribution in [1.29, 1.82) is 0 Å². The molecule has 1 aliphatic rings. The molecule has 1 aliphatic heterocycles. The third-order valence-electron chi connectivity index (χ3n) is 3.52. The van der Waals surface area contributed by atoms with Crippen LogP contribution in [0.5, 0.6) is 11.5 Å². The van der Waals surface area contributed by atoms with E-state index in [0.29, 0.717) is 0 Å². The number of halogens is 1. The predicted octanol–water partition coefficient (Wildman–Crippen LogP) is 4.53. The van der Waals surface area contributed by atoms with Crippen molar-refractivity contribution in [2.24, 2.45) is 0 Å². The van der Waals surface area contributed by atoms with E-state index in [1.54, 1.807) is 0 Å². The van der Waals surface area contributed by atoms with Gasteiger partial charge in [0.1, 0.15) is 0 Å². The van der Waals surface area contributed by atoms with Crippen LogP contribution in [0.2, 0.25) is 5.02 Å². The van der Waals surface area contributed by atoms with Gasteiger partial charge < -0.3 is 14.0 Å². The number of aromatic nitrogens is 1. The van der Waals surface area contributed by atoms with E-state index in [1.165, 1.54) is 0 Å². The molecule has 0 saturated carbocycles. The maximum Gasteiger partial charge on any atom is 0.231 e. The van der Waals surface area contributed by atoms with Crippen molar-refractivity contribution < 1.29 is 9.47 Å². The Hall–Kier alpha value is -2.39. The highest BCUT2D eigenvalue weighted by molar-refractivity contribution is 6.30. The summed E-state index contributed by atoms with van der Waals surface area (Å²) in [6, 6.07) is 17.9. The Labute approximate surface area is 127 Å². The summed E-state index contributed by atoms with van der Waals surface area (Å²) in [6.45, 7) is 0.286. The van der Waals surface area contributed by atoms with Crippen molar-refractivity contribution in [3.05, 3.63) is 65.8 Å². The van der Waals surface area contributed by atoms with E-state index in [0.717, 1.165) is 33.5 Å². The lowest BCUT2D eigenvalue weighted by molar-refractivity contribution is 0.174. The first-order valence-electron chi connectivity index (χ1n) is 6.64. The summed E-state index contributed by atoms with van der Waals surface area (Å²) in [7, 11) is 0. The highest BCUT2D eigenvalue weighted by atomic mass is 35.5. The van der Waals surface area contributed by atoms with Crippen LogP contribution in [0.4, 0.5) is 0 Å². The number of hydrogen-bond donors (Lipinski definition) is 0. The van der Waals surface area contributed by atoms with Gasteiger partial charge in [0.2, 0.25) is 6.79 Å². The average Bonchev–Trinajstić information content (AvgIpc) is 3.16. The number of hydrogen-bond acceptors (Lipinski definition) is 2. The minimum absolute atomic E-state index is 0.286.